The van der Waals surface area contributed by atoms with E-state index in [0.29, 0.717) is 54.3 Å². The van der Waals surface area contributed by atoms with Gasteiger partial charge in [0.05, 0.1) is 54.7 Å². The van der Waals surface area contributed by atoms with Gasteiger partial charge in [-0.2, -0.15) is 15.3 Å². The van der Waals surface area contributed by atoms with E-state index < -0.39 is 11.2 Å². The van der Waals surface area contributed by atoms with Crippen LogP contribution in [0.25, 0.3) is 53.5 Å². The second kappa shape index (κ2) is 33.3. The van der Waals surface area contributed by atoms with Crippen LogP contribution in [0, 0.1) is 0 Å². The number of hydrogen-bond acceptors (Lipinski definition) is 22. The number of benzene rings is 2. The van der Waals surface area contributed by atoms with E-state index in [1.807, 2.05) is 128 Å². The van der Waals surface area contributed by atoms with Gasteiger partial charge in [0.25, 0.3) is 0 Å². The Morgan fingerprint density at radius 2 is 0.868 bits per heavy atom. The lowest BCUT2D eigenvalue weighted by molar-refractivity contribution is -0.133. The topological polar surface area (TPSA) is 335 Å². The van der Waals surface area contributed by atoms with Crippen LogP contribution in [0.4, 0.5) is 32.2 Å². The molecule has 6 aliphatic rings. The number of nitrogens with zero attached hydrogens (tertiary/aromatic N) is 14. The number of fused-ring (bicyclic) bond motifs is 5. The predicted molar refractivity (Wildman–Crippen MR) is 414 cm³/mol. The lowest BCUT2D eigenvalue weighted by Gasteiger charge is -2.36. The third-order valence-corrected chi connectivity index (χ3v) is 21.6. The summed E-state index contributed by atoms with van der Waals surface area (Å²) in [7, 11) is 0. The minimum atomic E-state index is -0.503. The van der Waals surface area contributed by atoms with E-state index >= 15 is 0 Å². The molecule has 10 aromatic rings. The van der Waals surface area contributed by atoms with Crippen molar-refractivity contribution in [2.24, 2.45) is 0 Å². The molecule has 0 unspecified atom stereocenters. The first-order valence-electron chi connectivity index (χ1n) is 36.4. The monoisotopic (exact) mass is 1500 g/mol. The number of rotatable bonds is 11. The van der Waals surface area contributed by atoms with Crippen LogP contribution < -0.4 is 32.3 Å². The minimum absolute atomic E-state index is 0.0764. The first kappa shape index (κ1) is 75.9. The molecule has 3 saturated carbocycles. The van der Waals surface area contributed by atoms with Crippen molar-refractivity contribution in [3.8, 4) is 0 Å². The number of halogens is 1. The second-order valence-electron chi connectivity index (χ2n) is 29.8. The van der Waals surface area contributed by atoms with E-state index in [2.05, 4.69) is 80.6 Å². The maximum absolute atomic E-state index is 12.0. The number of nitrogen functional groups attached to an aromatic ring is 1. The number of Topliss-reactive ketones (excluding diaryl/α,β-unsaturated/α-hetero) is 1. The number of aromatic nitrogens is 11. The summed E-state index contributed by atoms with van der Waals surface area (Å²) >= 11 is 8.91. The molecule has 0 bridgehead atoms. The molecule has 3 aliphatic carbocycles. The van der Waals surface area contributed by atoms with Crippen molar-refractivity contribution >= 4 is 146 Å². The maximum Gasteiger partial charge on any atom is 0.407 e. The van der Waals surface area contributed by atoms with Gasteiger partial charge in [-0.15, -0.1) is 11.3 Å². The molecule has 6 fully saturated rings. The molecule has 31 heteroatoms. The number of thiazole rings is 2. The molecule has 0 atom stereocenters. The van der Waals surface area contributed by atoms with Gasteiger partial charge in [0.15, 0.2) is 44.0 Å². The highest BCUT2D eigenvalue weighted by Crippen LogP contribution is 2.41. The molecular formula is C75H95ClN20O8S2. The number of ketones is 1. The van der Waals surface area contributed by atoms with Gasteiger partial charge in [0.2, 0.25) is 17.7 Å². The number of piperidine rings is 3. The summed E-state index contributed by atoms with van der Waals surface area (Å²) < 4.78 is 19.5. The summed E-state index contributed by atoms with van der Waals surface area (Å²) in [6, 6.07) is 29.8. The molecule has 0 radical (unpaired) electrons. The fourth-order valence-corrected chi connectivity index (χ4v) is 15.6. The van der Waals surface area contributed by atoms with Gasteiger partial charge in [0.1, 0.15) is 17.0 Å². The Morgan fingerprint density at radius 3 is 1.29 bits per heavy atom. The van der Waals surface area contributed by atoms with Crippen molar-refractivity contribution < 1.29 is 38.2 Å². The molecule has 7 N–H and O–H groups in total. The molecule has 5 amide bonds. The summed E-state index contributed by atoms with van der Waals surface area (Å²) in [5.74, 6) is 2.88. The number of nitrogens with two attached hydrogens (primary N) is 1. The average Bonchev–Trinajstić information content (AvgIpc) is 1.62. The number of nitrogens with one attached hydrogen (secondary N) is 5. The highest BCUT2D eigenvalue weighted by molar-refractivity contribution is 7.22. The van der Waals surface area contributed by atoms with E-state index in [4.69, 9.17) is 42.0 Å². The number of carbonyl (C=O) groups excluding carboxylic acids is 6. The highest BCUT2D eigenvalue weighted by atomic mass is 35.5. The van der Waals surface area contributed by atoms with Gasteiger partial charge in [0, 0.05) is 122 Å². The first-order chi connectivity index (χ1) is 50.7. The van der Waals surface area contributed by atoms with Gasteiger partial charge in [-0.3, -0.25) is 19.2 Å². The lowest BCUT2D eigenvalue weighted by atomic mass is 9.87. The van der Waals surface area contributed by atoms with Gasteiger partial charge >= 0.3 is 12.2 Å². The Hall–Kier alpha value is -9.81. The van der Waals surface area contributed by atoms with Crippen molar-refractivity contribution in [1.29, 1.82) is 0 Å². The van der Waals surface area contributed by atoms with Crippen LogP contribution in [-0.2, 0) is 28.7 Å². The third kappa shape index (κ3) is 19.4. The zero-order valence-electron chi connectivity index (χ0n) is 61.5. The zero-order valence-corrected chi connectivity index (χ0v) is 63.8. The summed E-state index contributed by atoms with van der Waals surface area (Å²) in [5, 5.41) is 34.7. The number of hydrogen-bond donors (Lipinski definition) is 6. The molecule has 16 rings (SSSR count). The SMILES string of the molecule is CC(=O)N1CCC(=O)CC1.CC(=O)N1CCC(Nc2nn(C3CC(NC(=O)OC(C)(C)C)C3)c3ncccc23)CC1.CC(=O)N1CCC(Nc2nn(C3CC(Nc4nc5ccccc5s4)C3)c3ncccc23)CC1.CC(C)(C)OC(=O)NC1CC(n2nc(N)c3cccnc32)C1.Clc1nc2ccccc2s1. The summed E-state index contributed by atoms with van der Waals surface area (Å²) in [4.78, 5) is 96.2. The number of alkyl carbamates (subject to hydrolysis) is 2. The molecule has 562 valence electrons. The van der Waals surface area contributed by atoms with E-state index in [1.54, 1.807) is 42.5 Å². The van der Waals surface area contributed by atoms with E-state index in [1.165, 1.54) is 23.0 Å². The van der Waals surface area contributed by atoms with Crippen molar-refractivity contribution in [2.75, 3.05) is 61.0 Å². The molecule has 8 aromatic heterocycles. The van der Waals surface area contributed by atoms with Crippen LogP contribution in [0.3, 0.4) is 0 Å². The van der Waals surface area contributed by atoms with Crippen LogP contribution in [0.2, 0.25) is 4.47 Å². The molecule has 2 aromatic carbocycles. The Balaban J connectivity index is 0.000000133. The van der Waals surface area contributed by atoms with Crippen LogP contribution in [0.15, 0.2) is 104 Å². The number of anilines is 4. The second-order valence-corrected chi connectivity index (χ2v) is 32.4. The summed E-state index contributed by atoms with van der Waals surface area (Å²) in [5.41, 5.74) is 9.54. The van der Waals surface area contributed by atoms with Crippen molar-refractivity contribution in [1.82, 2.24) is 79.6 Å². The number of carbonyl (C=O) groups is 6. The van der Waals surface area contributed by atoms with E-state index in [9.17, 15) is 28.8 Å². The Morgan fingerprint density at radius 1 is 0.481 bits per heavy atom. The van der Waals surface area contributed by atoms with Crippen LogP contribution in [-0.4, -0.2) is 185 Å². The van der Waals surface area contributed by atoms with Crippen LogP contribution in [0.1, 0.15) is 157 Å². The fourth-order valence-electron chi connectivity index (χ4n) is 13.7. The smallest absolute Gasteiger partial charge is 0.407 e. The molecule has 3 aliphatic heterocycles. The average molecular weight is 1500 g/mol. The lowest BCUT2D eigenvalue weighted by Crippen LogP contribution is -2.47. The summed E-state index contributed by atoms with van der Waals surface area (Å²) in [6.07, 6.45) is 14.5. The Labute approximate surface area is 628 Å². The number of amides is 5. The number of likely N-dealkylation sites (tertiary alicyclic amines) is 3. The Bertz CT molecular complexity index is 4660. The van der Waals surface area contributed by atoms with Gasteiger partial charge < -0.3 is 56.5 Å². The molecule has 0 spiro atoms. The van der Waals surface area contributed by atoms with Crippen molar-refractivity contribution in [3.63, 3.8) is 0 Å². The summed E-state index contributed by atoms with van der Waals surface area (Å²) in [6.45, 7) is 20.3. The quantitative estimate of drug-likeness (QED) is 0.0700. The van der Waals surface area contributed by atoms with E-state index in [0.717, 1.165) is 156 Å². The molecule has 106 heavy (non-hydrogen) atoms. The molecule has 11 heterocycles. The number of pyridine rings is 3. The predicted octanol–water partition coefficient (Wildman–Crippen LogP) is 12.8. The number of ether oxygens (including phenoxy) is 2. The van der Waals surface area contributed by atoms with Crippen LogP contribution >= 0.6 is 34.3 Å². The van der Waals surface area contributed by atoms with Crippen LogP contribution in [0.5, 0.6) is 0 Å². The van der Waals surface area contributed by atoms with Crippen molar-refractivity contribution in [2.45, 2.75) is 199 Å². The zero-order chi connectivity index (χ0) is 75.0. The minimum Gasteiger partial charge on any atom is -0.444 e. The van der Waals surface area contributed by atoms with Gasteiger partial charge in [-0.25, -0.2) is 48.6 Å². The van der Waals surface area contributed by atoms with E-state index in [-0.39, 0.29) is 65.9 Å². The fraction of sp³-hybridized carbons (Fsp3) is 0.493. The highest BCUT2D eigenvalue weighted by Gasteiger charge is 2.38. The number of para-hydroxylation sites is 2. The van der Waals surface area contributed by atoms with Gasteiger partial charge in [-0.1, -0.05) is 47.2 Å². The van der Waals surface area contributed by atoms with Crippen molar-refractivity contribution in [3.05, 3.63) is 108 Å². The molecule has 28 nitrogen and oxygen atoms in total. The standard InChI is InChI=1S/C24H27N7OS.C22H32N6O3.C15H21N5O2.C7H4ClNS.C7H11NO2/c1-15(32)30-11-8-16(9-12-30)26-22-19-5-4-10-25-23(19)31(29-22)18-13-17(14-18)27-24-28-20-6-2-3-7-21(20)33-24;1-14(29)27-10-7-15(8-11-27)24-19-18-6-5-9-23-20(18)28(26-19)17-12-16(13-17)25-21(30)31-22(2,3)4;1-15(2,3)22-14(21)18-9-7-10(8-9)20-13-11(12(16)19-20)5-4-6-17-13;8-7-9-5-3-1-2-4-6(5)10-7;1-6(9)8-4-2-7(10)3-5-8/h2-7,10,16-18H,8-9,11-14H2,1H3,(H,26,29)(H,27,28);5-6,9,15-17H,7-8,10-13H2,1-4H3,(H,24,26)(H,25,30);4-6,9-10H,7-8H2,1-3H3,(H2,16,19)(H,18,21);1-4H;2-5H2,1H3. The van der Waals surface area contributed by atoms with Gasteiger partial charge in [-0.05, 0) is 166 Å². The normalized spacial score (nSPS) is 20.4. The largest absolute Gasteiger partial charge is 0.444 e. The molecule has 3 saturated heterocycles. The third-order valence-electron chi connectivity index (χ3n) is 19.5. The Kier molecular flexibility index (Phi) is 23.8. The molecular weight excluding hydrogens is 1410 g/mol. The maximum atomic E-state index is 12.0. The first-order valence-corrected chi connectivity index (χ1v) is 38.4.